The number of aromatic nitrogens is 4. The van der Waals surface area contributed by atoms with E-state index in [-0.39, 0.29) is 43.1 Å². The summed E-state index contributed by atoms with van der Waals surface area (Å²) in [6.45, 7) is 3.96. The molecule has 0 N–H and O–H groups in total. The Bertz CT molecular complexity index is 4390. The van der Waals surface area contributed by atoms with E-state index >= 15 is 0 Å². The minimum absolute atomic E-state index is 0. The van der Waals surface area contributed by atoms with Crippen LogP contribution in [-0.4, -0.2) is 14.1 Å². The smallest absolute Gasteiger partial charge is 0.268 e. The maximum atomic E-state index is 10.3. The molecular formula is C67H66N4OPt-2. The molecule has 0 saturated carbocycles. The summed E-state index contributed by atoms with van der Waals surface area (Å²) in [5.41, 5.74) is -2.43. The molecule has 1 aliphatic rings. The minimum atomic E-state index is -3.67. The number of pyridine rings is 1. The molecule has 0 aliphatic heterocycles. The first kappa shape index (κ1) is 34.8. The number of hydrogen-bond donors (Lipinski definition) is 0. The third-order valence-corrected chi connectivity index (χ3v) is 13.9. The van der Waals surface area contributed by atoms with Gasteiger partial charge in [-0.15, -0.1) is 29.7 Å². The standard InChI is InChI=1S/C67H66N4O.Pt/c1-63(2,3)45-21-18-20-43(34-45)53-36-47(65(7,8)9)37-54(44-28-31-55-56(35-44)67(12,13)41-66(55,10)11)62(53)70-42-69(58-26-16-17-27-59(58)70)48-22-19-23-49(39-48)72-50-29-30-52-51-24-14-15-25-57(51)71(60(52)40-50)61-38-46(32-33-68-61)64(4,5)6;/h14-38H,41H2,1-13H3;/q-2;/i10D3,11D3,12D3,13D3,28D,31D,35D;. The Morgan fingerprint density at radius 3 is 2.01 bits per heavy atom. The number of fused-ring (bicyclic) bond motifs is 5. The number of para-hydroxylation sites is 3. The number of imidazole rings is 1. The van der Waals surface area contributed by atoms with Crippen molar-refractivity contribution in [3.8, 4) is 50.9 Å². The maximum absolute atomic E-state index is 10.3. The second kappa shape index (κ2) is 17.8. The van der Waals surface area contributed by atoms with E-state index in [0.29, 0.717) is 44.9 Å². The van der Waals surface area contributed by atoms with Gasteiger partial charge in [-0.2, -0.15) is 18.2 Å². The Kier molecular flexibility index (Phi) is 8.50. The van der Waals surface area contributed by atoms with Crippen LogP contribution in [0.4, 0.5) is 0 Å². The van der Waals surface area contributed by atoms with Crippen LogP contribution in [0.2, 0.25) is 0 Å². The van der Waals surface area contributed by atoms with Crippen molar-refractivity contribution in [1.29, 1.82) is 0 Å². The van der Waals surface area contributed by atoms with Gasteiger partial charge in [0.15, 0.2) is 0 Å². The van der Waals surface area contributed by atoms with Gasteiger partial charge in [0, 0.05) is 60.7 Å². The number of nitrogens with zero attached hydrogens (tertiary/aromatic N) is 4. The first-order valence-electron chi connectivity index (χ1n) is 31.8. The van der Waals surface area contributed by atoms with Crippen molar-refractivity contribution in [3.63, 3.8) is 0 Å². The summed E-state index contributed by atoms with van der Waals surface area (Å²) in [5, 5.41) is 1.98. The molecule has 73 heavy (non-hydrogen) atoms. The van der Waals surface area contributed by atoms with Crippen molar-refractivity contribution in [1.82, 2.24) is 14.1 Å². The van der Waals surface area contributed by atoms with Gasteiger partial charge >= 0.3 is 0 Å². The third kappa shape index (κ3) is 8.96. The van der Waals surface area contributed by atoms with E-state index in [0.717, 1.165) is 38.8 Å². The molecule has 0 spiro atoms. The number of benzene rings is 7. The summed E-state index contributed by atoms with van der Waals surface area (Å²) in [7, 11) is 0. The van der Waals surface area contributed by atoms with Crippen molar-refractivity contribution in [2.75, 3.05) is 0 Å². The zero-order valence-corrected chi connectivity index (χ0v) is 44.7. The van der Waals surface area contributed by atoms with Crippen LogP contribution >= 0.6 is 0 Å². The molecule has 0 bridgehead atoms. The fourth-order valence-corrected chi connectivity index (χ4v) is 9.96. The van der Waals surface area contributed by atoms with E-state index < -0.39 is 84.9 Å². The second-order valence-electron chi connectivity index (χ2n) is 22.3. The number of ether oxygens (including phenoxy) is 1. The molecule has 7 aromatic carbocycles. The van der Waals surface area contributed by atoms with Crippen LogP contribution in [0.15, 0.2) is 152 Å². The van der Waals surface area contributed by atoms with Crippen molar-refractivity contribution < 1.29 is 50.9 Å². The average Bonchev–Trinajstić information content (AvgIpc) is 1.48. The predicted octanol–water partition coefficient (Wildman–Crippen LogP) is 16.8. The van der Waals surface area contributed by atoms with Gasteiger partial charge in [0.05, 0.1) is 20.8 Å². The van der Waals surface area contributed by atoms with Gasteiger partial charge in [0.1, 0.15) is 5.82 Å². The molecule has 3 heterocycles. The Labute approximate surface area is 468 Å². The second-order valence-corrected chi connectivity index (χ2v) is 22.3. The van der Waals surface area contributed by atoms with Crippen molar-refractivity contribution >= 4 is 32.8 Å². The van der Waals surface area contributed by atoms with Gasteiger partial charge in [0.2, 0.25) is 0 Å². The zero-order valence-electron chi connectivity index (χ0n) is 57.4. The summed E-state index contributed by atoms with van der Waals surface area (Å²) in [5.74, 6) is 1.48. The largest absolute Gasteiger partial charge is 0.510 e. The fourth-order valence-electron chi connectivity index (χ4n) is 9.96. The molecule has 0 amide bonds. The average molecular weight is 1150 g/mol. The monoisotopic (exact) mass is 1150 g/mol. The third-order valence-electron chi connectivity index (χ3n) is 13.9. The summed E-state index contributed by atoms with van der Waals surface area (Å²) in [4.78, 5) is 4.83. The Hall–Kier alpha value is -6.55. The molecule has 0 radical (unpaired) electrons. The molecule has 0 saturated heterocycles. The number of rotatable bonds is 7. The summed E-state index contributed by atoms with van der Waals surface area (Å²) >= 11 is 0. The van der Waals surface area contributed by atoms with E-state index in [1.165, 1.54) is 0 Å². The van der Waals surface area contributed by atoms with E-state index in [1.54, 1.807) is 21.3 Å². The van der Waals surface area contributed by atoms with Crippen molar-refractivity contribution in [2.24, 2.45) is 0 Å². The topological polar surface area (TPSA) is 35.9 Å². The Morgan fingerprint density at radius 2 is 1.27 bits per heavy atom. The van der Waals surface area contributed by atoms with E-state index in [9.17, 15) is 4.11 Å². The first-order valence-corrected chi connectivity index (χ1v) is 24.3. The fraction of sp³-hybridized carbons (Fsp3) is 0.284. The van der Waals surface area contributed by atoms with Gasteiger partial charge in [-0.1, -0.05) is 192 Å². The van der Waals surface area contributed by atoms with Crippen molar-refractivity contribution in [3.05, 3.63) is 198 Å². The maximum Gasteiger partial charge on any atom is 0.268 e. The van der Waals surface area contributed by atoms with Gasteiger partial charge in [-0.25, -0.2) is 4.98 Å². The van der Waals surface area contributed by atoms with Crippen LogP contribution in [0.5, 0.6) is 11.5 Å². The van der Waals surface area contributed by atoms with Gasteiger partial charge in [-0.05, 0) is 113 Å². The molecule has 0 atom stereocenters. The quantitative estimate of drug-likeness (QED) is 0.118. The van der Waals surface area contributed by atoms with Crippen LogP contribution in [0, 0.1) is 18.5 Å². The SMILES string of the molecule is [2H]c1c([2H])c2c(c([2H])c1-c1cc(C(C)(C)C)cc(-c3cccc(C(C)(C)C)c3)c1-[n+]1[c-]n(-c3[c-]c(Oc4[c-]c5c(cc4)c4ccccc4n5-c4cc(C(C)(C)C)ccn4)ccc3)c3ccccc31)C(C([2H])([2H])[2H])(C([2H])([2H])[2H])CC2(C([2H])([2H])[2H])C([2H])([2H])[2H].[Pt]. The van der Waals surface area contributed by atoms with E-state index in [2.05, 4.69) is 82.8 Å². The Balaban J connectivity index is 0.00000855. The van der Waals surface area contributed by atoms with Crippen LogP contribution < -0.4 is 9.30 Å². The molecule has 11 rings (SSSR count). The van der Waals surface area contributed by atoms with Crippen LogP contribution in [0.25, 0.3) is 72.3 Å². The molecular weight excluding hydrogens is 1070 g/mol. The molecule has 0 fully saturated rings. The summed E-state index contributed by atoms with van der Waals surface area (Å²) < 4.78 is 150. The zero-order chi connectivity index (χ0) is 63.3. The molecule has 0 unspecified atom stereocenters. The van der Waals surface area contributed by atoms with Gasteiger partial charge < -0.3 is 13.9 Å². The molecule has 10 aromatic rings. The van der Waals surface area contributed by atoms with E-state index in [4.69, 9.17) is 26.2 Å². The normalized spacial score (nSPS) is 18.1. The van der Waals surface area contributed by atoms with Gasteiger partial charge in [0.25, 0.3) is 6.33 Å². The first-order chi connectivity index (χ1) is 40.3. The summed E-state index contributed by atoms with van der Waals surface area (Å²) in [6.07, 6.45) is 3.88. The number of hydrogen-bond acceptors (Lipinski definition) is 2. The molecule has 372 valence electrons. The Morgan fingerprint density at radius 1 is 0.616 bits per heavy atom. The van der Waals surface area contributed by atoms with Crippen LogP contribution in [-0.2, 0) is 48.1 Å². The predicted molar refractivity (Wildman–Crippen MR) is 298 cm³/mol. The minimum Gasteiger partial charge on any atom is -0.510 e. The van der Waals surface area contributed by atoms with E-state index in [1.807, 2.05) is 124 Å². The molecule has 6 heteroatoms. The van der Waals surface area contributed by atoms with Gasteiger partial charge in [-0.3, -0.25) is 4.57 Å². The summed E-state index contributed by atoms with van der Waals surface area (Å²) in [6, 6.07) is 44.9. The van der Waals surface area contributed by atoms with Crippen molar-refractivity contribution in [2.45, 2.75) is 123 Å². The molecule has 5 nitrogen and oxygen atoms in total. The van der Waals surface area contributed by atoms with Crippen LogP contribution in [0.3, 0.4) is 0 Å². The molecule has 1 aliphatic carbocycles. The van der Waals surface area contributed by atoms with Crippen LogP contribution in [0.1, 0.15) is 145 Å². The molecule has 3 aromatic heterocycles.